The predicted octanol–water partition coefficient (Wildman–Crippen LogP) is 4.97. The summed E-state index contributed by atoms with van der Waals surface area (Å²) in [5.74, 6) is -0.745. The first-order chi connectivity index (χ1) is 12.3. The molecule has 1 fully saturated rings. The predicted molar refractivity (Wildman–Crippen MR) is 110 cm³/mol. The number of phenols is 1. The van der Waals surface area contributed by atoms with Crippen LogP contribution in [0.25, 0.3) is 6.08 Å². The second-order valence-corrected chi connectivity index (χ2v) is 8.30. The number of thioether (sulfide) groups is 1. The molecular formula is C17H9Br2ClN2O3S. The number of amidine groups is 1. The molecule has 1 heterocycles. The average molecular weight is 517 g/mol. The van der Waals surface area contributed by atoms with Crippen LogP contribution in [0.2, 0.25) is 5.02 Å². The van der Waals surface area contributed by atoms with Gasteiger partial charge in [0.05, 0.1) is 13.9 Å². The average Bonchev–Trinajstić information content (AvgIpc) is 2.92. The molecule has 5 nitrogen and oxygen atoms in total. The van der Waals surface area contributed by atoms with Crippen LogP contribution < -0.4 is 5.32 Å². The lowest BCUT2D eigenvalue weighted by Gasteiger charge is -2.02. The number of phenolic OH excluding ortho intramolecular Hbond substituents is 1. The first-order valence-corrected chi connectivity index (χ1v) is 9.89. The maximum atomic E-state index is 12.2. The van der Waals surface area contributed by atoms with E-state index >= 15 is 0 Å². The molecule has 132 valence electrons. The van der Waals surface area contributed by atoms with Crippen LogP contribution in [-0.4, -0.2) is 22.1 Å². The van der Waals surface area contributed by atoms with E-state index in [0.29, 0.717) is 30.0 Å². The van der Waals surface area contributed by atoms with Gasteiger partial charge in [0.2, 0.25) is 0 Å². The van der Waals surface area contributed by atoms with E-state index in [1.807, 2.05) is 0 Å². The minimum absolute atomic E-state index is 0.0755. The number of carbonyl (C=O) groups excluding carboxylic acids is 2. The molecule has 0 aliphatic carbocycles. The fourth-order valence-electron chi connectivity index (χ4n) is 2.05. The Morgan fingerprint density at radius 2 is 1.81 bits per heavy atom. The van der Waals surface area contributed by atoms with Crippen LogP contribution in [0.5, 0.6) is 5.75 Å². The van der Waals surface area contributed by atoms with Crippen LogP contribution >= 0.6 is 55.2 Å². The highest BCUT2D eigenvalue weighted by Crippen LogP contribution is 2.35. The molecule has 2 aromatic carbocycles. The number of aliphatic imine (C=N–C) groups is 1. The van der Waals surface area contributed by atoms with Crippen molar-refractivity contribution in [2.45, 2.75) is 0 Å². The molecule has 1 saturated heterocycles. The van der Waals surface area contributed by atoms with Gasteiger partial charge in [-0.1, -0.05) is 11.6 Å². The van der Waals surface area contributed by atoms with Crippen molar-refractivity contribution < 1.29 is 14.7 Å². The van der Waals surface area contributed by atoms with Crippen LogP contribution in [0.1, 0.15) is 15.9 Å². The summed E-state index contributed by atoms with van der Waals surface area (Å²) in [6.07, 6.45) is 1.64. The molecule has 0 saturated carbocycles. The third-order valence-electron chi connectivity index (χ3n) is 3.28. The van der Waals surface area contributed by atoms with Gasteiger partial charge in [-0.05, 0) is 91.7 Å². The fraction of sp³-hybridized carbons (Fsp3) is 0. The van der Waals surface area contributed by atoms with Crippen LogP contribution in [0.3, 0.4) is 0 Å². The molecule has 0 unspecified atom stereocenters. The number of benzene rings is 2. The second-order valence-electron chi connectivity index (χ2n) is 5.13. The van der Waals surface area contributed by atoms with E-state index in [1.54, 1.807) is 42.5 Å². The van der Waals surface area contributed by atoms with Gasteiger partial charge in [0.1, 0.15) is 5.75 Å². The molecule has 2 aromatic rings. The summed E-state index contributed by atoms with van der Waals surface area (Å²) in [6.45, 7) is 0. The third kappa shape index (κ3) is 4.37. The van der Waals surface area contributed by atoms with E-state index in [-0.39, 0.29) is 16.8 Å². The highest BCUT2D eigenvalue weighted by Gasteiger charge is 2.25. The zero-order chi connectivity index (χ0) is 18.8. The fourth-order valence-corrected chi connectivity index (χ4v) is 4.22. The molecule has 2 N–H and O–H groups in total. The maximum absolute atomic E-state index is 12.2. The standard InChI is InChI=1S/C17H9Br2ClN2O3S/c18-11-5-8(6-12(19)14(11)23)7-13-16(25)22-17(26-13)21-15(24)9-1-3-10(20)4-2-9/h1-7,23H,(H,21,22,24,25)/b13-7-. The molecule has 1 aliphatic rings. The van der Waals surface area contributed by atoms with Crippen molar-refractivity contribution in [3.05, 3.63) is 66.4 Å². The molecule has 1 aliphatic heterocycles. The van der Waals surface area contributed by atoms with E-state index in [1.165, 1.54) is 0 Å². The Kier molecular flexibility index (Phi) is 5.86. The molecule has 0 radical (unpaired) electrons. The number of amides is 2. The Bertz CT molecular complexity index is 951. The topological polar surface area (TPSA) is 78.8 Å². The van der Waals surface area contributed by atoms with Crippen LogP contribution in [0.15, 0.2) is 55.2 Å². The zero-order valence-corrected chi connectivity index (χ0v) is 17.5. The van der Waals surface area contributed by atoms with Crippen molar-refractivity contribution >= 4 is 78.3 Å². The molecule has 26 heavy (non-hydrogen) atoms. The molecule has 9 heteroatoms. The molecule has 3 rings (SSSR count). The molecule has 2 amide bonds. The van der Waals surface area contributed by atoms with Crippen LogP contribution in [0, 0.1) is 0 Å². The Labute approximate surface area is 174 Å². The van der Waals surface area contributed by atoms with E-state index in [2.05, 4.69) is 42.2 Å². The van der Waals surface area contributed by atoms with Crippen molar-refractivity contribution in [2.75, 3.05) is 0 Å². The van der Waals surface area contributed by atoms with Crippen LogP contribution in [-0.2, 0) is 4.79 Å². The van der Waals surface area contributed by atoms with Gasteiger partial charge in [0.15, 0.2) is 5.17 Å². The number of carbonyl (C=O) groups is 2. The molecule has 0 atom stereocenters. The highest BCUT2D eigenvalue weighted by atomic mass is 79.9. The minimum Gasteiger partial charge on any atom is -0.506 e. The number of nitrogens with one attached hydrogen (secondary N) is 1. The maximum Gasteiger partial charge on any atom is 0.279 e. The molecule has 0 bridgehead atoms. The Hall–Kier alpha value is -1.61. The SMILES string of the molecule is O=C1NC(=NC(=O)c2ccc(Cl)cc2)S/C1=C\c1cc(Br)c(O)c(Br)c1. The summed E-state index contributed by atoms with van der Waals surface area (Å²) in [5.41, 5.74) is 1.07. The molecule has 0 aromatic heterocycles. The number of hydrogen-bond donors (Lipinski definition) is 2. The molecule has 0 spiro atoms. The third-order valence-corrected chi connectivity index (χ3v) is 5.65. The van der Waals surface area contributed by atoms with Crippen LogP contribution in [0.4, 0.5) is 0 Å². The lowest BCUT2D eigenvalue weighted by atomic mass is 10.2. The Morgan fingerprint density at radius 3 is 2.42 bits per heavy atom. The van der Waals surface area contributed by atoms with E-state index in [0.717, 1.165) is 11.8 Å². The molecular weight excluding hydrogens is 508 g/mol. The Balaban J connectivity index is 1.82. The first kappa shape index (κ1) is 19.2. The highest BCUT2D eigenvalue weighted by molar-refractivity contribution is 9.11. The number of halogens is 3. The van der Waals surface area contributed by atoms with Gasteiger partial charge in [-0.2, -0.15) is 4.99 Å². The summed E-state index contributed by atoms with van der Waals surface area (Å²) >= 11 is 13.3. The first-order valence-electron chi connectivity index (χ1n) is 7.11. The van der Waals surface area contributed by atoms with Gasteiger partial charge in [-0.15, -0.1) is 0 Å². The smallest absolute Gasteiger partial charge is 0.279 e. The second kappa shape index (κ2) is 7.96. The summed E-state index contributed by atoms with van der Waals surface area (Å²) in [4.78, 5) is 28.6. The lowest BCUT2D eigenvalue weighted by molar-refractivity contribution is -0.115. The number of aromatic hydroxyl groups is 1. The number of rotatable bonds is 2. The lowest BCUT2D eigenvalue weighted by Crippen LogP contribution is -2.20. The van der Waals surface area contributed by atoms with Gasteiger partial charge in [0.25, 0.3) is 11.8 Å². The van der Waals surface area contributed by atoms with E-state index in [9.17, 15) is 14.7 Å². The summed E-state index contributed by atoms with van der Waals surface area (Å²) in [5, 5.41) is 13.0. The quantitative estimate of drug-likeness (QED) is 0.553. The minimum atomic E-state index is -0.471. The summed E-state index contributed by atoms with van der Waals surface area (Å²) in [6, 6.07) is 9.68. The van der Waals surface area contributed by atoms with Crippen molar-refractivity contribution in [2.24, 2.45) is 4.99 Å². The van der Waals surface area contributed by atoms with Crippen molar-refractivity contribution in [1.82, 2.24) is 5.32 Å². The van der Waals surface area contributed by atoms with E-state index in [4.69, 9.17) is 11.6 Å². The summed E-state index contributed by atoms with van der Waals surface area (Å²) in [7, 11) is 0. The van der Waals surface area contributed by atoms with Crippen molar-refractivity contribution in [1.29, 1.82) is 0 Å². The van der Waals surface area contributed by atoms with Crippen molar-refractivity contribution in [3.8, 4) is 5.75 Å². The van der Waals surface area contributed by atoms with Gasteiger partial charge in [-0.25, -0.2) is 0 Å². The normalized spacial score (nSPS) is 17.0. The Morgan fingerprint density at radius 1 is 1.19 bits per heavy atom. The zero-order valence-electron chi connectivity index (χ0n) is 12.8. The van der Waals surface area contributed by atoms with Gasteiger partial charge in [0, 0.05) is 10.6 Å². The number of nitrogens with zero attached hydrogens (tertiary/aromatic N) is 1. The van der Waals surface area contributed by atoms with Gasteiger partial charge >= 0.3 is 0 Å². The van der Waals surface area contributed by atoms with Gasteiger partial charge in [-0.3, -0.25) is 9.59 Å². The summed E-state index contributed by atoms with van der Waals surface area (Å²) < 4.78 is 0.989. The largest absolute Gasteiger partial charge is 0.506 e. The monoisotopic (exact) mass is 514 g/mol. The number of hydrogen-bond acceptors (Lipinski definition) is 4. The van der Waals surface area contributed by atoms with E-state index < -0.39 is 5.91 Å². The van der Waals surface area contributed by atoms with Gasteiger partial charge < -0.3 is 10.4 Å². The van der Waals surface area contributed by atoms with Crippen molar-refractivity contribution in [3.63, 3.8) is 0 Å².